The monoisotopic (exact) mass is 151 g/mol. The number of nitrogens with two attached hydrogens (primary N) is 1. The van der Waals surface area contributed by atoms with Crippen LogP contribution in [0.25, 0.3) is 5.71 Å². The predicted octanol–water partition coefficient (Wildman–Crippen LogP) is 0.428. The van der Waals surface area contributed by atoms with E-state index in [1.54, 1.807) is 23.2 Å². The van der Waals surface area contributed by atoms with Crippen molar-refractivity contribution in [1.82, 2.24) is 9.61 Å². The van der Waals surface area contributed by atoms with E-state index < -0.39 is 0 Å². The quantitative estimate of drug-likeness (QED) is 0.677. The summed E-state index contributed by atoms with van der Waals surface area (Å²) in [6.07, 6.45) is 5.99. The zero-order valence-corrected chi connectivity index (χ0v) is 6.03. The van der Waals surface area contributed by atoms with Crippen LogP contribution in [0.5, 0.6) is 0 Å². The van der Waals surface area contributed by atoms with Gasteiger partial charge >= 0.3 is 0 Å². The summed E-state index contributed by atoms with van der Waals surface area (Å²) in [5.41, 5.74) is 7.27. The lowest BCUT2D eigenvalue weighted by atomic mass is 10.2. The molecule has 2 heterocycles. The number of aromatic nitrogens is 2. The molecule has 0 aromatic carbocycles. The highest BCUT2D eigenvalue weighted by Gasteiger charge is 2.04. The molecule has 0 saturated heterocycles. The first-order valence-corrected chi connectivity index (χ1v) is 3.51. The second-order valence-electron chi connectivity index (χ2n) is 2.36. The minimum absolute atomic E-state index is 0.627. The summed E-state index contributed by atoms with van der Waals surface area (Å²) in [6, 6.07) is 0. The highest BCUT2D eigenvalue weighted by atomic mass is 16.3. The summed E-state index contributed by atoms with van der Waals surface area (Å²) in [7, 11) is 0. The molecule has 0 fully saturated rings. The fraction of sp³-hybridized carbons (Fsp3) is 0.286. The summed E-state index contributed by atoms with van der Waals surface area (Å²) in [5, 5.41) is 4.06. The van der Waals surface area contributed by atoms with Gasteiger partial charge in [0.25, 0.3) is 0 Å². The van der Waals surface area contributed by atoms with Gasteiger partial charge in [0.05, 0.1) is 12.4 Å². The Labute approximate surface area is 63.6 Å². The minimum atomic E-state index is 0.627. The standard InChI is InChI=1S/C7H9N3O/c8-2-1-6-5-9-10-3-4-11-7(6)10/h3-5H,1-2,8H2. The highest BCUT2D eigenvalue weighted by Crippen LogP contribution is 2.10. The van der Waals surface area contributed by atoms with Gasteiger partial charge in [0.2, 0.25) is 5.71 Å². The van der Waals surface area contributed by atoms with Gasteiger partial charge in [0.1, 0.15) is 6.26 Å². The lowest BCUT2D eigenvalue weighted by Crippen LogP contribution is -2.01. The number of hydrogen-bond donors (Lipinski definition) is 1. The van der Waals surface area contributed by atoms with Gasteiger partial charge in [-0.05, 0) is 13.0 Å². The van der Waals surface area contributed by atoms with E-state index in [9.17, 15) is 0 Å². The average Bonchev–Trinajstić information content (AvgIpc) is 2.53. The molecule has 4 heteroatoms. The van der Waals surface area contributed by atoms with Crippen LogP contribution >= 0.6 is 0 Å². The Kier molecular flexibility index (Phi) is 1.40. The summed E-state index contributed by atoms with van der Waals surface area (Å²) >= 11 is 0. The fourth-order valence-corrected chi connectivity index (χ4v) is 1.10. The minimum Gasteiger partial charge on any atom is -0.445 e. The summed E-state index contributed by atoms with van der Waals surface area (Å²) in [5.74, 6) is 0. The first-order valence-electron chi connectivity index (χ1n) is 3.51. The Morgan fingerprint density at radius 2 is 2.55 bits per heavy atom. The third-order valence-electron chi connectivity index (χ3n) is 1.62. The van der Waals surface area contributed by atoms with Crippen LogP contribution in [0.4, 0.5) is 0 Å². The maximum absolute atomic E-state index is 5.40. The van der Waals surface area contributed by atoms with Gasteiger partial charge in [-0.1, -0.05) is 0 Å². The summed E-state index contributed by atoms with van der Waals surface area (Å²) < 4.78 is 6.89. The van der Waals surface area contributed by atoms with Crippen molar-refractivity contribution in [1.29, 1.82) is 0 Å². The highest BCUT2D eigenvalue weighted by molar-refractivity contribution is 5.42. The molecule has 4 nitrogen and oxygen atoms in total. The molecule has 0 atom stereocenters. The lowest BCUT2D eigenvalue weighted by molar-refractivity contribution is 0.601. The molecule has 0 amide bonds. The SMILES string of the molecule is NCCc1cnn2ccoc12. The molecule has 2 N–H and O–H groups in total. The van der Waals surface area contributed by atoms with Gasteiger partial charge in [0, 0.05) is 5.56 Å². The van der Waals surface area contributed by atoms with Crippen LogP contribution in [0.3, 0.4) is 0 Å². The molecule has 2 rings (SSSR count). The number of fused-ring (bicyclic) bond motifs is 1. The molecule has 2 aromatic rings. The van der Waals surface area contributed by atoms with E-state index in [-0.39, 0.29) is 0 Å². The molecular weight excluding hydrogens is 142 g/mol. The predicted molar refractivity (Wildman–Crippen MR) is 40.2 cm³/mol. The molecule has 0 saturated carbocycles. The summed E-state index contributed by atoms with van der Waals surface area (Å²) in [6.45, 7) is 0.627. The molecule has 0 radical (unpaired) electrons. The van der Waals surface area contributed by atoms with Gasteiger partial charge in [-0.2, -0.15) is 5.10 Å². The van der Waals surface area contributed by atoms with Crippen molar-refractivity contribution in [3.8, 4) is 0 Å². The Morgan fingerprint density at radius 3 is 3.36 bits per heavy atom. The second-order valence-corrected chi connectivity index (χ2v) is 2.36. The van der Waals surface area contributed by atoms with Gasteiger partial charge in [-0.25, -0.2) is 4.52 Å². The Balaban J connectivity index is 2.51. The van der Waals surface area contributed by atoms with Gasteiger partial charge < -0.3 is 10.2 Å². The molecule has 0 unspecified atom stereocenters. The van der Waals surface area contributed by atoms with Crippen molar-refractivity contribution in [3.05, 3.63) is 24.2 Å². The molecule has 0 aliphatic heterocycles. The molecule has 0 aliphatic carbocycles. The Bertz CT molecular complexity index is 349. The summed E-state index contributed by atoms with van der Waals surface area (Å²) in [4.78, 5) is 0. The smallest absolute Gasteiger partial charge is 0.224 e. The molecule has 0 aliphatic rings. The van der Waals surface area contributed by atoms with E-state index in [1.165, 1.54) is 0 Å². The largest absolute Gasteiger partial charge is 0.445 e. The van der Waals surface area contributed by atoms with E-state index in [1.807, 2.05) is 0 Å². The molecule has 2 aromatic heterocycles. The number of hydrogen-bond acceptors (Lipinski definition) is 3. The van der Waals surface area contributed by atoms with Crippen molar-refractivity contribution in [3.63, 3.8) is 0 Å². The van der Waals surface area contributed by atoms with Gasteiger partial charge in [0.15, 0.2) is 0 Å². The van der Waals surface area contributed by atoms with Crippen molar-refractivity contribution in [2.75, 3.05) is 6.54 Å². The maximum Gasteiger partial charge on any atom is 0.224 e. The zero-order valence-electron chi connectivity index (χ0n) is 6.03. The van der Waals surface area contributed by atoms with Crippen LogP contribution in [-0.2, 0) is 6.42 Å². The van der Waals surface area contributed by atoms with E-state index in [0.717, 1.165) is 17.7 Å². The van der Waals surface area contributed by atoms with Crippen molar-refractivity contribution in [2.45, 2.75) is 6.42 Å². The first kappa shape index (κ1) is 6.42. The zero-order chi connectivity index (χ0) is 7.68. The molecule has 11 heavy (non-hydrogen) atoms. The van der Waals surface area contributed by atoms with E-state index in [4.69, 9.17) is 10.2 Å². The Hall–Kier alpha value is -1.29. The topological polar surface area (TPSA) is 56.5 Å². The van der Waals surface area contributed by atoms with Crippen LogP contribution in [-0.4, -0.2) is 16.2 Å². The number of nitrogens with zero attached hydrogens (tertiary/aromatic N) is 2. The molecule has 0 bridgehead atoms. The average molecular weight is 151 g/mol. The van der Waals surface area contributed by atoms with Crippen molar-refractivity contribution >= 4 is 5.71 Å². The van der Waals surface area contributed by atoms with Crippen LogP contribution < -0.4 is 5.73 Å². The lowest BCUT2D eigenvalue weighted by Gasteiger charge is -1.88. The fourth-order valence-electron chi connectivity index (χ4n) is 1.10. The molecule has 58 valence electrons. The van der Waals surface area contributed by atoms with Crippen LogP contribution in [0.15, 0.2) is 23.1 Å². The van der Waals surface area contributed by atoms with Crippen LogP contribution in [0, 0.1) is 0 Å². The third-order valence-corrected chi connectivity index (χ3v) is 1.62. The maximum atomic E-state index is 5.40. The van der Waals surface area contributed by atoms with Gasteiger partial charge in [-0.15, -0.1) is 0 Å². The third kappa shape index (κ3) is 0.914. The molecule has 0 spiro atoms. The van der Waals surface area contributed by atoms with Crippen LogP contribution in [0.1, 0.15) is 5.56 Å². The van der Waals surface area contributed by atoms with E-state index in [2.05, 4.69) is 5.10 Å². The van der Waals surface area contributed by atoms with E-state index in [0.29, 0.717) is 6.54 Å². The Morgan fingerprint density at radius 1 is 1.64 bits per heavy atom. The van der Waals surface area contributed by atoms with Crippen molar-refractivity contribution in [2.24, 2.45) is 5.73 Å². The van der Waals surface area contributed by atoms with Gasteiger partial charge in [-0.3, -0.25) is 0 Å². The first-order chi connectivity index (χ1) is 5.42. The van der Waals surface area contributed by atoms with Crippen molar-refractivity contribution < 1.29 is 4.42 Å². The number of rotatable bonds is 2. The molecular formula is C7H9N3O. The van der Waals surface area contributed by atoms with Crippen LogP contribution in [0.2, 0.25) is 0 Å². The van der Waals surface area contributed by atoms with E-state index >= 15 is 0 Å². The second kappa shape index (κ2) is 2.39. The normalized spacial score (nSPS) is 11.0. The number of oxazole rings is 1.